The van der Waals surface area contributed by atoms with Gasteiger partial charge in [-0.15, -0.1) is 0 Å². The summed E-state index contributed by atoms with van der Waals surface area (Å²) in [5.41, 5.74) is 4.22. The first-order chi connectivity index (χ1) is 9.78. The fourth-order valence-corrected chi connectivity index (χ4v) is 2.27. The van der Waals surface area contributed by atoms with E-state index in [-0.39, 0.29) is 0 Å². The van der Waals surface area contributed by atoms with Crippen LogP contribution in [0.5, 0.6) is 0 Å². The zero-order valence-corrected chi connectivity index (χ0v) is 11.6. The maximum Gasteiger partial charge on any atom is 0.0999 e. The van der Waals surface area contributed by atoms with Crippen molar-refractivity contribution in [2.45, 2.75) is 6.54 Å². The lowest BCUT2D eigenvalue weighted by Crippen LogP contribution is -2.05. The van der Waals surface area contributed by atoms with Gasteiger partial charge in [-0.1, -0.05) is 18.2 Å². The predicted molar refractivity (Wildman–Crippen MR) is 78.5 cm³/mol. The molecule has 3 rings (SSSR count). The molecule has 0 bridgehead atoms. The fraction of sp³-hybridized carbons (Fsp3) is 0.200. The van der Waals surface area contributed by atoms with Crippen molar-refractivity contribution in [3.8, 4) is 16.9 Å². The zero-order valence-electron chi connectivity index (χ0n) is 11.6. The molecule has 0 saturated carbocycles. The first kappa shape index (κ1) is 12.6. The molecule has 2 aromatic heterocycles. The summed E-state index contributed by atoms with van der Waals surface area (Å²) in [6.07, 6.45) is 5.90. The van der Waals surface area contributed by atoms with Crippen LogP contribution >= 0.6 is 0 Å². The van der Waals surface area contributed by atoms with Gasteiger partial charge in [0, 0.05) is 37.1 Å². The van der Waals surface area contributed by atoms with Crippen LogP contribution in [0.15, 0.2) is 48.9 Å². The van der Waals surface area contributed by atoms with E-state index in [4.69, 9.17) is 0 Å². The number of nitrogens with one attached hydrogen (secondary N) is 1. The Balaban J connectivity index is 1.98. The van der Waals surface area contributed by atoms with Crippen molar-refractivity contribution in [1.82, 2.24) is 24.9 Å². The molecule has 0 fully saturated rings. The highest BCUT2D eigenvalue weighted by Crippen LogP contribution is 2.22. The second-order valence-corrected chi connectivity index (χ2v) is 4.72. The van der Waals surface area contributed by atoms with E-state index >= 15 is 0 Å². The topological polar surface area (TPSA) is 47.7 Å². The van der Waals surface area contributed by atoms with Gasteiger partial charge in [0.25, 0.3) is 0 Å². The Kier molecular flexibility index (Phi) is 3.35. The molecule has 0 aliphatic rings. The van der Waals surface area contributed by atoms with E-state index in [9.17, 15) is 0 Å². The summed E-state index contributed by atoms with van der Waals surface area (Å²) in [6, 6.07) is 10.1. The van der Waals surface area contributed by atoms with Gasteiger partial charge in [-0.3, -0.25) is 4.68 Å². The molecule has 2 heterocycles. The molecule has 0 saturated heterocycles. The van der Waals surface area contributed by atoms with E-state index in [1.54, 1.807) is 0 Å². The summed E-state index contributed by atoms with van der Waals surface area (Å²) in [4.78, 5) is 0. The summed E-state index contributed by atoms with van der Waals surface area (Å²) in [5, 5.41) is 12.1. The van der Waals surface area contributed by atoms with Gasteiger partial charge in [0.1, 0.15) is 0 Å². The lowest BCUT2D eigenvalue weighted by atomic mass is 10.1. The third kappa shape index (κ3) is 2.35. The summed E-state index contributed by atoms with van der Waals surface area (Å²) in [5.74, 6) is 0. The predicted octanol–water partition coefficient (Wildman–Crippen LogP) is 1.99. The average Bonchev–Trinajstić information content (AvgIpc) is 3.07. The highest BCUT2D eigenvalue weighted by Gasteiger charge is 2.11. The quantitative estimate of drug-likeness (QED) is 0.786. The molecule has 5 nitrogen and oxygen atoms in total. The van der Waals surface area contributed by atoms with Gasteiger partial charge in [-0.25, -0.2) is 4.68 Å². The van der Waals surface area contributed by atoms with Crippen LogP contribution in [0.25, 0.3) is 16.9 Å². The Morgan fingerprint density at radius 3 is 2.70 bits per heavy atom. The van der Waals surface area contributed by atoms with E-state index < -0.39 is 0 Å². The second kappa shape index (κ2) is 5.30. The molecule has 3 aromatic rings. The Hall–Kier alpha value is -2.40. The molecule has 5 heteroatoms. The minimum absolute atomic E-state index is 0.791. The summed E-state index contributed by atoms with van der Waals surface area (Å²) < 4.78 is 3.70. The van der Waals surface area contributed by atoms with Gasteiger partial charge in [-0.05, 0) is 19.2 Å². The van der Waals surface area contributed by atoms with Crippen molar-refractivity contribution in [2.75, 3.05) is 7.05 Å². The molecule has 0 unspecified atom stereocenters. The molecule has 0 spiro atoms. The Morgan fingerprint density at radius 2 is 1.95 bits per heavy atom. The minimum atomic E-state index is 0.791. The van der Waals surface area contributed by atoms with Crippen molar-refractivity contribution in [1.29, 1.82) is 0 Å². The highest BCUT2D eigenvalue weighted by atomic mass is 15.3. The number of benzene rings is 1. The number of aromatic nitrogens is 4. The third-order valence-electron chi connectivity index (χ3n) is 3.15. The lowest BCUT2D eigenvalue weighted by molar-refractivity contribution is 0.765. The SMILES string of the molecule is CNCc1cn(C)nc1-c1cnn(-c2ccccc2)c1. The van der Waals surface area contributed by atoms with Gasteiger partial charge >= 0.3 is 0 Å². The van der Waals surface area contributed by atoms with Crippen LogP contribution in [0, 0.1) is 0 Å². The summed E-state index contributed by atoms with van der Waals surface area (Å²) >= 11 is 0. The van der Waals surface area contributed by atoms with Crippen LogP contribution in [0.4, 0.5) is 0 Å². The van der Waals surface area contributed by atoms with Crippen LogP contribution in [0.3, 0.4) is 0 Å². The number of aryl methyl sites for hydroxylation is 1. The van der Waals surface area contributed by atoms with Gasteiger partial charge in [-0.2, -0.15) is 10.2 Å². The van der Waals surface area contributed by atoms with Crippen molar-refractivity contribution in [2.24, 2.45) is 7.05 Å². The van der Waals surface area contributed by atoms with E-state index in [2.05, 4.69) is 15.5 Å². The van der Waals surface area contributed by atoms with Crippen LogP contribution in [0.1, 0.15) is 5.56 Å². The van der Waals surface area contributed by atoms with Crippen molar-refractivity contribution in [3.05, 3.63) is 54.5 Å². The number of nitrogens with zero attached hydrogens (tertiary/aromatic N) is 4. The van der Waals surface area contributed by atoms with Crippen molar-refractivity contribution >= 4 is 0 Å². The fourth-order valence-electron chi connectivity index (χ4n) is 2.27. The van der Waals surface area contributed by atoms with E-state index in [1.165, 1.54) is 5.56 Å². The highest BCUT2D eigenvalue weighted by molar-refractivity contribution is 5.61. The van der Waals surface area contributed by atoms with Crippen LogP contribution in [0.2, 0.25) is 0 Å². The van der Waals surface area contributed by atoms with Gasteiger partial charge < -0.3 is 5.32 Å². The Bertz CT molecular complexity index is 696. The molecular weight excluding hydrogens is 250 g/mol. The smallest absolute Gasteiger partial charge is 0.0999 e. The molecule has 0 atom stereocenters. The summed E-state index contributed by atoms with van der Waals surface area (Å²) in [7, 11) is 3.87. The number of hydrogen-bond donors (Lipinski definition) is 1. The molecule has 1 N–H and O–H groups in total. The van der Waals surface area contributed by atoms with Crippen molar-refractivity contribution in [3.63, 3.8) is 0 Å². The average molecular weight is 267 g/mol. The molecule has 20 heavy (non-hydrogen) atoms. The Labute approximate surface area is 117 Å². The monoisotopic (exact) mass is 267 g/mol. The third-order valence-corrected chi connectivity index (χ3v) is 3.15. The molecule has 1 aromatic carbocycles. The van der Waals surface area contributed by atoms with E-state index in [1.807, 2.05) is 72.4 Å². The molecular formula is C15H17N5. The zero-order chi connectivity index (χ0) is 13.9. The Morgan fingerprint density at radius 1 is 1.15 bits per heavy atom. The largest absolute Gasteiger partial charge is 0.316 e. The minimum Gasteiger partial charge on any atom is -0.316 e. The summed E-state index contributed by atoms with van der Waals surface area (Å²) in [6.45, 7) is 0.791. The number of rotatable bonds is 4. The second-order valence-electron chi connectivity index (χ2n) is 4.72. The van der Waals surface area contributed by atoms with E-state index in [0.29, 0.717) is 0 Å². The molecule has 0 amide bonds. The van der Waals surface area contributed by atoms with Crippen LogP contribution < -0.4 is 5.32 Å². The molecule has 0 aliphatic carbocycles. The van der Waals surface area contributed by atoms with E-state index in [0.717, 1.165) is 23.5 Å². The van der Waals surface area contributed by atoms with Crippen molar-refractivity contribution < 1.29 is 0 Å². The maximum atomic E-state index is 4.53. The van der Waals surface area contributed by atoms with Gasteiger partial charge in [0.2, 0.25) is 0 Å². The maximum absolute atomic E-state index is 4.53. The first-order valence-corrected chi connectivity index (χ1v) is 6.55. The van der Waals surface area contributed by atoms with Crippen LogP contribution in [-0.2, 0) is 13.6 Å². The standard InChI is InChI=1S/C15H17N5/c1-16-8-12-10-19(2)18-15(12)13-9-17-20(11-13)14-6-4-3-5-7-14/h3-7,9-11,16H,8H2,1-2H3. The van der Waals surface area contributed by atoms with Gasteiger partial charge in [0.05, 0.1) is 17.6 Å². The number of hydrogen-bond acceptors (Lipinski definition) is 3. The molecule has 0 radical (unpaired) electrons. The van der Waals surface area contributed by atoms with Crippen LogP contribution in [-0.4, -0.2) is 26.6 Å². The van der Waals surface area contributed by atoms with Gasteiger partial charge in [0.15, 0.2) is 0 Å². The normalized spacial score (nSPS) is 10.9. The number of para-hydroxylation sites is 1. The molecule has 102 valence electrons. The molecule has 0 aliphatic heterocycles. The lowest BCUT2D eigenvalue weighted by Gasteiger charge is -2.00. The first-order valence-electron chi connectivity index (χ1n) is 6.55.